The SMILES string of the molecule is COc1ccc(CCC(=O)NCC(c2ccc(F)cc2)N(C)C)cc1F. The number of carbonyl (C=O) groups is 1. The van der Waals surface area contributed by atoms with Gasteiger partial charge >= 0.3 is 0 Å². The fourth-order valence-electron chi connectivity index (χ4n) is 2.71. The second-order valence-corrected chi connectivity index (χ2v) is 6.30. The molecule has 0 aliphatic rings. The molecule has 2 rings (SSSR count). The molecular formula is C20H24F2N2O2. The number of carbonyl (C=O) groups excluding carboxylic acids is 1. The molecule has 1 unspecified atom stereocenters. The standard InChI is InChI=1S/C20H24F2N2O2/c1-24(2)18(15-6-8-16(21)9-7-15)13-23-20(25)11-5-14-4-10-19(26-3)17(22)12-14/h4,6-10,12,18H,5,11,13H2,1-3H3,(H,23,25). The van der Waals surface area contributed by atoms with Crippen LogP contribution in [0.2, 0.25) is 0 Å². The third-order valence-electron chi connectivity index (χ3n) is 4.23. The number of nitrogens with one attached hydrogen (secondary N) is 1. The van der Waals surface area contributed by atoms with Crippen LogP contribution in [0.4, 0.5) is 8.78 Å². The lowest BCUT2D eigenvalue weighted by Gasteiger charge is -2.25. The molecule has 0 bridgehead atoms. The molecule has 0 fully saturated rings. The molecule has 4 nitrogen and oxygen atoms in total. The molecule has 1 amide bonds. The fraction of sp³-hybridized carbons (Fsp3) is 0.350. The van der Waals surface area contributed by atoms with Crippen LogP contribution in [-0.4, -0.2) is 38.6 Å². The number of nitrogens with zero attached hydrogens (tertiary/aromatic N) is 1. The van der Waals surface area contributed by atoms with Gasteiger partial charge in [-0.1, -0.05) is 18.2 Å². The minimum atomic E-state index is -0.436. The Morgan fingerprint density at radius 1 is 1.15 bits per heavy atom. The van der Waals surface area contributed by atoms with Gasteiger partial charge in [0.2, 0.25) is 5.91 Å². The minimum absolute atomic E-state index is 0.0574. The maximum absolute atomic E-state index is 13.7. The van der Waals surface area contributed by atoms with Gasteiger partial charge in [0.05, 0.1) is 13.2 Å². The van der Waals surface area contributed by atoms with Crippen LogP contribution >= 0.6 is 0 Å². The Bertz CT molecular complexity index is 733. The van der Waals surface area contributed by atoms with E-state index in [-0.39, 0.29) is 29.9 Å². The summed E-state index contributed by atoms with van der Waals surface area (Å²) in [6.45, 7) is 0.411. The van der Waals surface area contributed by atoms with Crippen LogP contribution in [0.5, 0.6) is 5.75 Å². The summed E-state index contributed by atoms with van der Waals surface area (Å²) in [5.41, 5.74) is 1.66. The normalized spacial score (nSPS) is 12.1. The van der Waals surface area contributed by atoms with Gasteiger partial charge in [-0.25, -0.2) is 8.78 Å². The highest BCUT2D eigenvalue weighted by atomic mass is 19.1. The van der Waals surface area contributed by atoms with E-state index in [1.165, 1.54) is 25.3 Å². The van der Waals surface area contributed by atoms with E-state index in [1.807, 2.05) is 19.0 Å². The molecule has 0 spiro atoms. The fourth-order valence-corrected chi connectivity index (χ4v) is 2.71. The van der Waals surface area contributed by atoms with Crippen molar-refractivity contribution in [1.82, 2.24) is 10.2 Å². The predicted octanol–water partition coefficient (Wildman–Crippen LogP) is 3.33. The first-order valence-corrected chi connectivity index (χ1v) is 8.41. The molecular weight excluding hydrogens is 338 g/mol. The lowest BCUT2D eigenvalue weighted by molar-refractivity contribution is -0.121. The topological polar surface area (TPSA) is 41.6 Å². The molecule has 0 aromatic heterocycles. The van der Waals surface area contributed by atoms with E-state index in [4.69, 9.17) is 4.74 Å². The second-order valence-electron chi connectivity index (χ2n) is 6.30. The number of hydrogen-bond donors (Lipinski definition) is 1. The van der Waals surface area contributed by atoms with Crippen molar-refractivity contribution in [1.29, 1.82) is 0 Å². The van der Waals surface area contributed by atoms with Gasteiger partial charge in [0.1, 0.15) is 5.82 Å². The lowest BCUT2D eigenvalue weighted by Crippen LogP contribution is -2.34. The quantitative estimate of drug-likeness (QED) is 0.783. The molecule has 0 aliphatic heterocycles. The summed E-state index contributed by atoms with van der Waals surface area (Å²) in [7, 11) is 5.22. The second kappa shape index (κ2) is 9.29. The summed E-state index contributed by atoms with van der Waals surface area (Å²) in [5, 5.41) is 2.89. The van der Waals surface area contributed by atoms with Crippen molar-refractivity contribution >= 4 is 5.91 Å². The first-order chi connectivity index (χ1) is 12.4. The third-order valence-corrected chi connectivity index (χ3v) is 4.23. The van der Waals surface area contributed by atoms with Gasteiger partial charge in [-0.15, -0.1) is 0 Å². The van der Waals surface area contributed by atoms with E-state index in [1.54, 1.807) is 24.3 Å². The number of ether oxygens (including phenoxy) is 1. The van der Waals surface area contributed by atoms with Crippen LogP contribution in [0.25, 0.3) is 0 Å². The predicted molar refractivity (Wildman–Crippen MR) is 97.1 cm³/mol. The zero-order valence-corrected chi connectivity index (χ0v) is 15.3. The van der Waals surface area contributed by atoms with Crippen LogP contribution in [0, 0.1) is 11.6 Å². The van der Waals surface area contributed by atoms with Crippen molar-refractivity contribution in [3.63, 3.8) is 0 Å². The summed E-state index contributed by atoms with van der Waals surface area (Å²) < 4.78 is 31.6. The van der Waals surface area contributed by atoms with Crippen molar-refractivity contribution < 1.29 is 18.3 Å². The Morgan fingerprint density at radius 2 is 1.85 bits per heavy atom. The third kappa shape index (κ3) is 5.52. The van der Waals surface area contributed by atoms with E-state index < -0.39 is 5.82 Å². The highest BCUT2D eigenvalue weighted by molar-refractivity contribution is 5.76. The van der Waals surface area contributed by atoms with Gasteiger partial charge in [0.25, 0.3) is 0 Å². The maximum Gasteiger partial charge on any atom is 0.220 e. The largest absolute Gasteiger partial charge is 0.494 e. The average molecular weight is 362 g/mol. The number of methoxy groups -OCH3 is 1. The Balaban J connectivity index is 1.88. The Labute approximate surface area is 152 Å². The molecule has 2 aromatic carbocycles. The number of hydrogen-bond acceptors (Lipinski definition) is 3. The molecule has 0 radical (unpaired) electrons. The average Bonchev–Trinajstić information content (AvgIpc) is 2.61. The molecule has 0 aliphatic carbocycles. The van der Waals surface area contributed by atoms with Crippen LogP contribution in [-0.2, 0) is 11.2 Å². The maximum atomic E-state index is 13.7. The number of likely N-dealkylation sites (N-methyl/N-ethyl adjacent to an activating group) is 1. The highest BCUT2D eigenvalue weighted by Crippen LogP contribution is 2.19. The number of halogens is 2. The number of aryl methyl sites for hydroxylation is 1. The smallest absolute Gasteiger partial charge is 0.220 e. The molecule has 26 heavy (non-hydrogen) atoms. The summed E-state index contributed by atoms with van der Waals surface area (Å²) in [5.74, 6) is -0.655. The number of benzene rings is 2. The Morgan fingerprint density at radius 3 is 2.42 bits per heavy atom. The monoisotopic (exact) mass is 362 g/mol. The van der Waals surface area contributed by atoms with Crippen molar-refractivity contribution in [3.8, 4) is 5.75 Å². The molecule has 0 saturated carbocycles. The number of amides is 1. The zero-order valence-electron chi connectivity index (χ0n) is 15.3. The van der Waals surface area contributed by atoms with Gasteiger partial charge in [-0.3, -0.25) is 4.79 Å². The summed E-state index contributed by atoms with van der Waals surface area (Å²) >= 11 is 0. The molecule has 0 heterocycles. The zero-order chi connectivity index (χ0) is 19.1. The first kappa shape index (κ1) is 19.8. The van der Waals surface area contributed by atoms with Crippen molar-refractivity contribution in [3.05, 3.63) is 65.2 Å². The van der Waals surface area contributed by atoms with Gasteiger partial charge in [0.15, 0.2) is 11.6 Å². The van der Waals surface area contributed by atoms with E-state index >= 15 is 0 Å². The van der Waals surface area contributed by atoms with Gasteiger partial charge < -0.3 is 15.0 Å². The van der Waals surface area contributed by atoms with Crippen molar-refractivity contribution in [2.75, 3.05) is 27.7 Å². The van der Waals surface area contributed by atoms with Crippen LogP contribution in [0.3, 0.4) is 0 Å². The summed E-state index contributed by atoms with van der Waals surface area (Å²) in [4.78, 5) is 14.1. The van der Waals surface area contributed by atoms with Crippen molar-refractivity contribution in [2.24, 2.45) is 0 Å². The first-order valence-electron chi connectivity index (χ1n) is 8.41. The van der Waals surface area contributed by atoms with Gasteiger partial charge in [0, 0.05) is 13.0 Å². The Kier molecular flexibility index (Phi) is 7.09. The van der Waals surface area contributed by atoms with Gasteiger partial charge in [-0.2, -0.15) is 0 Å². The van der Waals surface area contributed by atoms with Crippen LogP contribution < -0.4 is 10.1 Å². The van der Waals surface area contributed by atoms with Crippen LogP contribution in [0.15, 0.2) is 42.5 Å². The molecule has 1 atom stereocenters. The van der Waals surface area contributed by atoms with E-state index in [2.05, 4.69) is 5.32 Å². The summed E-state index contributed by atoms with van der Waals surface area (Å²) in [6, 6.07) is 10.9. The van der Waals surface area contributed by atoms with Gasteiger partial charge in [-0.05, 0) is 55.9 Å². The van der Waals surface area contributed by atoms with E-state index in [0.29, 0.717) is 13.0 Å². The lowest BCUT2D eigenvalue weighted by atomic mass is 10.1. The molecule has 1 N–H and O–H groups in total. The molecule has 6 heteroatoms. The van der Waals surface area contributed by atoms with Crippen molar-refractivity contribution in [2.45, 2.75) is 18.9 Å². The summed E-state index contributed by atoms with van der Waals surface area (Å²) in [6.07, 6.45) is 0.700. The minimum Gasteiger partial charge on any atom is -0.494 e. The molecule has 140 valence electrons. The molecule has 0 saturated heterocycles. The van der Waals surface area contributed by atoms with E-state index in [0.717, 1.165) is 11.1 Å². The van der Waals surface area contributed by atoms with Crippen LogP contribution in [0.1, 0.15) is 23.6 Å². The number of rotatable bonds is 8. The van der Waals surface area contributed by atoms with E-state index in [9.17, 15) is 13.6 Å². The highest BCUT2D eigenvalue weighted by Gasteiger charge is 2.15. The molecule has 2 aromatic rings. The Hall–Kier alpha value is -2.47.